The second kappa shape index (κ2) is 4.09. The zero-order valence-electron chi connectivity index (χ0n) is 8.60. The predicted molar refractivity (Wildman–Crippen MR) is 64.0 cm³/mol. The van der Waals surface area contributed by atoms with Crippen molar-refractivity contribution in [2.45, 2.75) is 6.92 Å². The van der Waals surface area contributed by atoms with Gasteiger partial charge >= 0.3 is 0 Å². The van der Waals surface area contributed by atoms with Gasteiger partial charge in [0.1, 0.15) is 0 Å². The third-order valence-electron chi connectivity index (χ3n) is 2.42. The van der Waals surface area contributed by atoms with Crippen LogP contribution >= 0.6 is 0 Å². The van der Waals surface area contributed by atoms with E-state index in [4.69, 9.17) is 0 Å². The Hall–Kier alpha value is -1.89. The van der Waals surface area contributed by atoms with Gasteiger partial charge in [0.2, 0.25) is 0 Å². The number of hydrogen-bond donors (Lipinski definition) is 0. The van der Waals surface area contributed by atoms with Crippen molar-refractivity contribution >= 4 is 23.1 Å². The predicted octanol–water partition coefficient (Wildman–Crippen LogP) is 3.69. The van der Waals surface area contributed by atoms with E-state index in [0.717, 1.165) is 28.2 Å². The Morgan fingerprint density at radius 3 is 2.73 bits per heavy atom. The number of rotatable bonds is 2. The molecule has 0 radical (unpaired) electrons. The fraction of sp³-hybridized carbons (Fsp3) is 0.0714. The maximum atomic E-state index is 10.8. The Kier molecular flexibility index (Phi) is 2.64. The quantitative estimate of drug-likeness (QED) is 0.669. The zero-order valence-corrected chi connectivity index (χ0v) is 8.60. The Bertz CT molecular complexity index is 524. The molecule has 0 heterocycles. The topological polar surface area (TPSA) is 17.1 Å². The molecule has 0 fully saturated rings. The summed E-state index contributed by atoms with van der Waals surface area (Å²) in [6.45, 7) is 1.99. The Morgan fingerprint density at radius 1 is 1.13 bits per heavy atom. The SMILES string of the molecule is C/C=C/c1ccc2c(C=O)cccc2c1. The molecule has 0 N–H and O–H groups in total. The van der Waals surface area contributed by atoms with Crippen molar-refractivity contribution in [3.05, 3.63) is 53.6 Å². The number of carbonyl (C=O) groups is 1. The van der Waals surface area contributed by atoms with Crippen LogP contribution in [0.5, 0.6) is 0 Å². The van der Waals surface area contributed by atoms with Crippen LogP contribution in [0.2, 0.25) is 0 Å². The monoisotopic (exact) mass is 196 g/mol. The molecule has 0 aliphatic carbocycles. The minimum Gasteiger partial charge on any atom is -0.298 e. The molecule has 2 aromatic rings. The molecule has 15 heavy (non-hydrogen) atoms. The van der Waals surface area contributed by atoms with Crippen LogP contribution in [0.3, 0.4) is 0 Å². The largest absolute Gasteiger partial charge is 0.298 e. The fourth-order valence-corrected chi connectivity index (χ4v) is 1.73. The smallest absolute Gasteiger partial charge is 0.150 e. The van der Waals surface area contributed by atoms with Gasteiger partial charge in [0.15, 0.2) is 6.29 Å². The molecule has 0 aliphatic heterocycles. The van der Waals surface area contributed by atoms with Crippen molar-refractivity contribution < 1.29 is 4.79 Å². The van der Waals surface area contributed by atoms with Crippen LogP contribution in [0.15, 0.2) is 42.5 Å². The van der Waals surface area contributed by atoms with E-state index in [1.807, 2.05) is 49.4 Å². The first-order chi connectivity index (χ1) is 7.35. The number of benzene rings is 2. The molecule has 0 unspecified atom stereocenters. The van der Waals surface area contributed by atoms with E-state index >= 15 is 0 Å². The van der Waals surface area contributed by atoms with Gasteiger partial charge in [0, 0.05) is 5.56 Å². The molecule has 2 aromatic carbocycles. The molecule has 74 valence electrons. The summed E-state index contributed by atoms with van der Waals surface area (Å²) in [5, 5.41) is 2.12. The van der Waals surface area contributed by atoms with Crippen molar-refractivity contribution in [1.82, 2.24) is 0 Å². The summed E-state index contributed by atoms with van der Waals surface area (Å²) in [4.78, 5) is 10.8. The first-order valence-corrected chi connectivity index (χ1v) is 4.96. The van der Waals surface area contributed by atoms with Gasteiger partial charge in [-0.1, -0.05) is 42.5 Å². The Labute approximate surface area is 89.0 Å². The third kappa shape index (κ3) is 1.82. The molecule has 0 bridgehead atoms. The van der Waals surface area contributed by atoms with Gasteiger partial charge < -0.3 is 0 Å². The number of carbonyl (C=O) groups excluding carboxylic acids is 1. The number of aldehydes is 1. The van der Waals surface area contributed by atoms with E-state index < -0.39 is 0 Å². The highest BCUT2D eigenvalue weighted by Gasteiger charge is 1.99. The molecule has 0 amide bonds. The lowest BCUT2D eigenvalue weighted by molar-refractivity contribution is 0.112. The number of allylic oxidation sites excluding steroid dienone is 1. The van der Waals surface area contributed by atoms with Gasteiger partial charge in [-0.25, -0.2) is 0 Å². The van der Waals surface area contributed by atoms with E-state index in [0.29, 0.717) is 0 Å². The minimum atomic E-state index is 0.750. The van der Waals surface area contributed by atoms with Crippen LogP contribution in [0, 0.1) is 0 Å². The first kappa shape index (κ1) is 9.66. The molecule has 1 nitrogen and oxygen atoms in total. The van der Waals surface area contributed by atoms with Crippen molar-refractivity contribution in [2.75, 3.05) is 0 Å². The highest BCUT2D eigenvalue weighted by atomic mass is 16.1. The van der Waals surface area contributed by atoms with Gasteiger partial charge in [0.25, 0.3) is 0 Å². The van der Waals surface area contributed by atoms with Crippen LogP contribution in [0.4, 0.5) is 0 Å². The summed E-state index contributed by atoms with van der Waals surface area (Å²) >= 11 is 0. The molecule has 0 aromatic heterocycles. The molecule has 0 aliphatic rings. The maximum Gasteiger partial charge on any atom is 0.150 e. The highest BCUT2D eigenvalue weighted by Crippen LogP contribution is 2.19. The molecule has 0 saturated carbocycles. The van der Waals surface area contributed by atoms with E-state index in [2.05, 4.69) is 6.07 Å². The van der Waals surface area contributed by atoms with Crippen LogP contribution < -0.4 is 0 Å². The van der Waals surface area contributed by atoms with Gasteiger partial charge in [-0.2, -0.15) is 0 Å². The standard InChI is InChI=1S/C14H12O/c1-2-4-11-7-8-14-12(9-11)5-3-6-13(14)10-15/h2-10H,1H3/b4-2+. The Balaban J connectivity index is 2.68. The normalized spacial score (nSPS) is 11.0. The summed E-state index contributed by atoms with van der Waals surface area (Å²) in [6, 6.07) is 11.9. The summed E-state index contributed by atoms with van der Waals surface area (Å²) in [5.41, 5.74) is 1.91. The van der Waals surface area contributed by atoms with Crippen LogP contribution in [0.1, 0.15) is 22.8 Å². The van der Waals surface area contributed by atoms with Crippen molar-refractivity contribution in [3.63, 3.8) is 0 Å². The maximum absolute atomic E-state index is 10.8. The lowest BCUT2D eigenvalue weighted by Crippen LogP contribution is -1.83. The minimum absolute atomic E-state index is 0.750. The van der Waals surface area contributed by atoms with Gasteiger partial charge in [-0.3, -0.25) is 4.79 Å². The molecule has 0 atom stereocenters. The van der Waals surface area contributed by atoms with Crippen molar-refractivity contribution in [1.29, 1.82) is 0 Å². The lowest BCUT2D eigenvalue weighted by Gasteiger charge is -2.01. The van der Waals surface area contributed by atoms with E-state index in [-0.39, 0.29) is 0 Å². The highest BCUT2D eigenvalue weighted by molar-refractivity contribution is 5.98. The average Bonchev–Trinajstić information content (AvgIpc) is 2.28. The van der Waals surface area contributed by atoms with E-state index in [9.17, 15) is 4.79 Å². The Morgan fingerprint density at radius 2 is 2.00 bits per heavy atom. The lowest BCUT2D eigenvalue weighted by atomic mass is 10.0. The van der Waals surface area contributed by atoms with Crippen LogP contribution in [-0.2, 0) is 0 Å². The molecule has 0 saturated heterocycles. The van der Waals surface area contributed by atoms with Crippen molar-refractivity contribution in [2.24, 2.45) is 0 Å². The summed E-state index contributed by atoms with van der Waals surface area (Å²) < 4.78 is 0. The molecular weight excluding hydrogens is 184 g/mol. The van der Waals surface area contributed by atoms with Gasteiger partial charge in [-0.15, -0.1) is 0 Å². The molecule has 0 spiro atoms. The summed E-state index contributed by atoms with van der Waals surface area (Å²) in [6.07, 6.45) is 4.95. The number of fused-ring (bicyclic) bond motifs is 1. The van der Waals surface area contributed by atoms with Crippen LogP contribution in [-0.4, -0.2) is 6.29 Å². The second-order valence-electron chi connectivity index (χ2n) is 3.45. The average molecular weight is 196 g/mol. The van der Waals surface area contributed by atoms with Crippen LogP contribution in [0.25, 0.3) is 16.8 Å². The second-order valence-corrected chi connectivity index (χ2v) is 3.45. The molecule has 2 rings (SSSR count). The first-order valence-electron chi connectivity index (χ1n) is 4.96. The van der Waals surface area contributed by atoms with Gasteiger partial charge in [-0.05, 0) is 29.3 Å². The third-order valence-corrected chi connectivity index (χ3v) is 2.42. The van der Waals surface area contributed by atoms with E-state index in [1.54, 1.807) is 0 Å². The molecular formula is C14H12O. The van der Waals surface area contributed by atoms with Crippen molar-refractivity contribution in [3.8, 4) is 0 Å². The van der Waals surface area contributed by atoms with E-state index in [1.165, 1.54) is 0 Å². The number of hydrogen-bond acceptors (Lipinski definition) is 1. The molecule has 1 heteroatoms. The zero-order chi connectivity index (χ0) is 10.7. The summed E-state index contributed by atoms with van der Waals surface area (Å²) in [7, 11) is 0. The summed E-state index contributed by atoms with van der Waals surface area (Å²) in [5.74, 6) is 0. The fourth-order valence-electron chi connectivity index (χ4n) is 1.73. The van der Waals surface area contributed by atoms with Gasteiger partial charge in [0.05, 0.1) is 0 Å².